The molecule has 1 saturated heterocycles. The van der Waals surface area contributed by atoms with Gasteiger partial charge in [-0.05, 0) is 44.0 Å². The number of piperidine rings is 1. The molecule has 2 atom stereocenters. The van der Waals surface area contributed by atoms with Gasteiger partial charge < -0.3 is 15.1 Å². The highest BCUT2D eigenvalue weighted by Gasteiger charge is 2.22. The van der Waals surface area contributed by atoms with Gasteiger partial charge in [-0.2, -0.15) is 0 Å². The fraction of sp³-hybridized carbons (Fsp3) is 0.412. The number of carbonyl (C=O) groups is 1. The van der Waals surface area contributed by atoms with Crippen LogP contribution in [0.5, 0.6) is 0 Å². The first-order valence-electron chi connectivity index (χ1n) is 7.86. The molecule has 3 rings (SSSR count). The first-order chi connectivity index (χ1) is 11.1. The number of hydrogen-bond donors (Lipinski definition) is 2. The number of nitrogens with one attached hydrogen (secondary N) is 2. The Morgan fingerprint density at radius 3 is 2.91 bits per heavy atom. The normalized spacial score (nSPS) is 19.3. The number of rotatable bonds is 4. The largest absolute Gasteiger partial charge is 0.448 e. The lowest BCUT2D eigenvalue weighted by molar-refractivity contribution is 0.0934. The van der Waals surface area contributed by atoms with Gasteiger partial charge in [0.05, 0.1) is 6.04 Å². The molecule has 1 aliphatic heterocycles. The third kappa shape index (κ3) is 4.00. The predicted molar refractivity (Wildman–Crippen MR) is 91.4 cm³/mol. The highest BCUT2D eigenvalue weighted by atomic mass is 79.9. The summed E-state index contributed by atoms with van der Waals surface area (Å²) >= 11 is 3.41. The summed E-state index contributed by atoms with van der Waals surface area (Å²) in [6, 6.07) is 7.80. The molecule has 0 bridgehead atoms. The third-order valence-electron chi connectivity index (χ3n) is 4.12. The second-order valence-electron chi connectivity index (χ2n) is 5.86. The van der Waals surface area contributed by atoms with E-state index in [-0.39, 0.29) is 17.9 Å². The van der Waals surface area contributed by atoms with Crippen molar-refractivity contribution in [3.63, 3.8) is 0 Å². The van der Waals surface area contributed by atoms with Gasteiger partial charge in [-0.3, -0.25) is 4.79 Å². The minimum Gasteiger partial charge on any atom is -0.448 e. The average Bonchev–Trinajstić information content (AvgIpc) is 3.06. The first-order valence-corrected chi connectivity index (χ1v) is 8.65. The summed E-state index contributed by atoms with van der Waals surface area (Å²) in [6.45, 7) is 3.85. The molecular weight excluding hydrogens is 358 g/mol. The number of aromatic nitrogens is 1. The van der Waals surface area contributed by atoms with E-state index >= 15 is 0 Å². The smallest absolute Gasteiger partial charge is 0.273 e. The zero-order chi connectivity index (χ0) is 16.2. The van der Waals surface area contributed by atoms with Crippen LogP contribution >= 0.6 is 15.9 Å². The van der Waals surface area contributed by atoms with Gasteiger partial charge in [0, 0.05) is 16.9 Å². The van der Waals surface area contributed by atoms with Crippen LogP contribution in [0.2, 0.25) is 0 Å². The number of oxazole rings is 1. The van der Waals surface area contributed by atoms with E-state index in [4.69, 9.17) is 4.42 Å². The third-order valence-corrected chi connectivity index (χ3v) is 4.65. The van der Waals surface area contributed by atoms with Crippen molar-refractivity contribution in [2.24, 2.45) is 0 Å². The van der Waals surface area contributed by atoms with Gasteiger partial charge in [0.15, 0.2) is 11.6 Å². The summed E-state index contributed by atoms with van der Waals surface area (Å²) < 4.78 is 6.53. The first kappa shape index (κ1) is 16.2. The zero-order valence-corrected chi connectivity index (χ0v) is 14.6. The Morgan fingerprint density at radius 2 is 2.22 bits per heavy atom. The highest BCUT2D eigenvalue weighted by molar-refractivity contribution is 9.10. The number of nitrogens with zero attached hydrogens (tertiary/aromatic N) is 1. The monoisotopic (exact) mass is 377 g/mol. The van der Waals surface area contributed by atoms with Crippen LogP contribution < -0.4 is 10.6 Å². The summed E-state index contributed by atoms with van der Waals surface area (Å²) in [4.78, 5) is 16.7. The molecule has 0 saturated carbocycles. The molecule has 0 radical (unpaired) electrons. The molecule has 2 aromatic rings. The minimum absolute atomic E-state index is 0.0907. The molecule has 0 spiro atoms. The van der Waals surface area contributed by atoms with E-state index in [9.17, 15) is 4.79 Å². The van der Waals surface area contributed by atoms with E-state index in [0.29, 0.717) is 11.6 Å². The minimum atomic E-state index is -0.209. The lowest BCUT2D eigenvalue weighted by atomic mass is 10.00. The van der Waals surface area contributed by atoms with Gasteiger partial charge >= 0.3 is 0 Å². The number of amides is 1. The molecule has 1 fully saturated rings. The lowest BCUT2D eigenvalue weighted by Gasteiger charge is -2.19. The van der Waals surface area contributed by atoms with Crippen molar-refractivity contribution in [2.45, 2.75) is 31.7 Å². The summed E-state index contributed by atoms with van der Waals surface area (Å²) in [6.07, 6.45) is 3.60. The fourth-order valence-electron chi connectivity index (χ4n) is 2.75. The summed E-state index contributed by atoms with van der Waals surface area (Å²) in [5.41, 5.74) is 1.39. The molecule has 6 heteroatoms. The molecule has 0 aliphatic carbocycles. The van der Waals surface area contributed by atoms with Crippen LogP contribution in [-0.4, -0.2) is 24.0 Å². The lowest BCUT2D eigenvalue weighted by Crippen LogP contribution is -2.29. The molecule has 1 aliphatic rings. The summed E-state index contributed by atoms with van der Waals surface area (Å²) in [5.74, 6) is 0.701. The van der Waals surface area contributed by atoms with E-state index in [1.54, 1.807) is 0 Å². The summed E-state index contributed by atoms with van der Waals surface area (Å²) in [5, 5.41) is 6.28. The van der Waals surface area contributed by atoms with Crippen LogP contribution in [0, 0.1) is 0 Å². The Morgan fingerprint density at radius 1 is 1.43 bits per heavy atom. The highest BCUT2D eigenvalue weighted by Crippen LogP contribution is 2.23. The molecule has 1 aromatic carbocycles. The predicted octanol–water partition coefficient (Wildman–Crippen LogP) is 3.40. The van der Waals surface area contributed by atoms with E-state index in [2.05, 4.69) is 31.5 Å². The van der Waals surface area contributed by atoms with Crippen LogP contribution in [0.4, 0.5) is 0 Å². The van der Waals surface area contributed by atoms with E-state index < -0.39 is 0 Å². The maximum atomic E-state index is 12.3. The van der Waals surface area contributed by atoms with Gasteiger partial charge in [0.1, 0.15) is 6.26 Å². The zero-order valence-electron chi connectivity index (χ0n) is 13.0. The molecule has 122 valence electrons. The van der Waals surface area contributed by atoms with Gasteiger partial charge in [-0.1, -0.05) is 28.1 Å². The van der Waals surface area contributed by atoms with Gasteiger partial charge in [0.2, 0.25) is 0 Å². The number of hydrogen-bond acceptors (Lipinski definition) is 4. The van der Waals surface area contributed by atoms with E-state index in [1.165, 1.54) is 6.26 Å². The standard InChI is InChI=1S/C17H20BrN3O2/c1-11(12-4-6-14(18)7-5-12)20-16(22)15-10-23-17(21-15)13-3-2-8-19-9-13/h4-7,10-11,13,19H,2-3,8-9H2,1H3,(H,20,22). The van der Waals surface area contributed by atoms with Crippen LogP contribution in [0.15, 0.2) is 39.4 Å². The average molecular weight is 378 g/mol. The topological polar surface area (TPSA) is 67.2 Å². The van der Waals surface area contributed by atoms with Crippen molar-refractivity contribution in [1.29, 1.82) is 0 Å². The maximum Gasteiger partial charge on any atom is 0.273 e. The van der Waals surface area contributed by atoms with Crippen molar-refractivity contribution in [3.8, 4) is 0 Å². The number of benzene rings is 1. The van der Waals surface area contributed by atoms with E-state index in [0.717, 1.165) is 36.0 Å². The number of halogens is 1. The quantitative estimate of drug-likeness (QED) is 0.856. The molecule has 23 heavy (non-hydrogen) atoms. The maximum absolute atomic E-state index is 12.3. The van der Waals surface area contributed by atoms with Crippen LogP contribution in [0.25, 0.3) is 0 Å². The van der Waals surface area contributed by atoms with Crippen molar-refractivity contribution < 1.29 is 9.21 Å². The van der Waals surface area contributed by atoms with Crippen molar-refractivity contribution >= 4 is 21.8 Å². The second-order valence-corrected chi connectivity index (χ2v) is 6.78. The molecule has 5 nitrogen and oxygen atoms in total. The molecule has 1 aromatic heterocycles. The number of carbonyl (C=O) groups excluding carboxylic acids is 1. The second kappa shape index (κ2) is 7.27. The van der Waals surface area contributed by atoms with Crippen LogP contribution in [0.1, 0.15) is 53.7 Å². The van der Waals surface area contributed by atoms with Gasteiger partial charge in [-0.15, -0.1) is 0 Å². The molecule has 2 heterocycles. The Labute approximate surface area is 144 Å². The van der Waals surface area contributed by atoms with Gasteiger partial charge in [-0.25, -0.2) is 4.98 Å². The fourth-order valence-corrected chi connectivity index (χ4v) is 3.01. The summed E-state index contributed by atoms with van der Waals surface area (Å²) in [7, 11) is 0. The van der Waals surface area contributed by atoms with E-state index in [1.807, 2.05) is 31.2 Å². The molecular formula is C17H20BrN3O2. The van der Waals surface area contributed by atoms with Crippen molar-refractivity contribution in [2.75, 3.05) is 13.1 Å². The van der Waals surface area contributed by atoms with Crippen molar-refractivity contribution in [3.05, 3.63) is 52.1 Å². The molecule has 2 unspecified atom stereocenters. The van der Waals surface area contributed by atoms with Gasteiger partial charge in [0.25, 0.3) is 5.91 Å². The molecule has 1 amide bonds. The Hall–Kier alpha value is -1.66. The molecule has 2 N–H and O–H groups in total. The Kier molecular flexibility index (Phi) is 5.13. The van der Waals surface area contributed by atoms with Crippen molar-refractivity contribution in [1.82, 2.24) is 15.6 Å². The Balaban J connectivity index is 1.63. The van der Waals surface area contributed by atoms with Crippen LogP contribution in [0.3, 0.4) is 0 Å². The van der Waals surface area contributed by atoms with Crippen LogP contribution in [-0.2, 0) is 0 Å². The SMILES string of the molecule is CC(NC(=O)c1coc(C2CCCNC2)n1)c1ccc(Br)cc1. The Bertz CT molecular complexity index is 663.